The van der Waals surface area contributed by atoms with Gasteiger partial charge in [-0.3, -0.25) is 4.79 Å². The zero-order valence-corrected chi connectivity index (χ0v) is 12.2. The maximum atomic E-state index is 11.8. The van der Waals surface area contributed by atoms with Crippen molar-refractivity contribution in [2.45, 2.75) is 26.2 Å². The predicted octanol–water partition coefficient (Wildman–Crippen LogP) is 2.58. The van der Waals surface area contributed by atoms with Crippen LogP contribution >= 0.6 is 15.9 Å². The van der Waals surface area contributed by atoms with Crippen LogP contribution in [0.4, 0.5) is 5.82 Å². The van der Waals surface area contributed by atoms with Gasteiger partial charge in [0.15, 0.2) is 0 Å². The molecule has 1 saturated heterocycles. The monoisotopic (exact) mass is 311 g/mol. The maximum absolute atomic E-state index is 11.8. The number of anilines is 1. The first-order chi connectivity index (χ1) is 8.66. The number of halogens is 1. The van der Waals surface area contributed by atoms with Crippen LogP contribution in [-0.4, -0.2) is 35.4 Å². The van der Waals surface area contributed by atoms with Gasteiger partial charge in [0.1, 0.15) is 5.82 Å². The summed E-state index contributed by atoms with van der Waals surface area (Å²) in [5.41, 5.74) is 0.950. The number of hydrogen-bond acceptors (Lipinski definition) is 3. The number of aryl methyl sites for hydroxylation is 1. The quantitative estimate of drug-likeness (QED) is 0.929. The predicted molar refractivity (Wildman–Crippen MR) is 75.6 cm³/mol. The summed E-state index contributed by atoms with van der Waals surface area (Å²) in [7, 11) is 0. The van der Waals surface area contributed by atoms with Crippen LogP contribution in [0.15, 0.2) is 16.6 Å². The number of carbonyl (C=O) groups is 1. The number of amides is 1. The van der Waals surface area contributed by atoms with Crippen LogP contribution < -0.4 is 5.32 Å². The van der Waals surface area contributed by atoms with Crippen molar-refractivity contribution in [3.63, 3.8) is 0 Å². The zero-order chi connectivity index (χ0) is 13.0. The molecule has 1 aliphatic rings. The van der Waals surface area contributed by atoms with Gasteiger partial charge in [-0.1, -0.05) is 0 Å². The third kappa shape index (κ3) is 3.45. The number of hydrogen-bond donors (Lipinski definition) is 1. The van der Waals surface area contributed by atoms with Gasteiger partial charge in [0, 0.05) is 30.5 Å². The Labute approximate surface area is 116 Å². The number of aromatic nitrogens is 1. The minimum absolute atomic E-state index is 0.244. The Morgan fingerprint density at radius 2 is 2.17 bits per heavy atom. The highest BCUT2D eigenvalue weighted by atomic mass is 79.9. The van der Waals surface area contributed by atoms with Gasteiger partial charge in [0.05, 0.1) is 5.69 Å². The van der Waals surface area contributed by atoms with Crippen molar-refractivity contribution in [2.75, 3.05) is 25.0 Å². The summed E-state index contributed by atoms with van der Waals surface area (Å²) >= 11 is 3.41. The molecule has 1 N–H and O–H groups in total. The van der Waals surface area contributed by atoms with Crippen LogP contribution in [0.25, 0.3) is 0 Å². The van der Waals surface area contributed by atoms with E-state index in [-0.39, 0.29) is 5.91 Å². The van der Waals surface area contributed by atoms with Crippen molar-refractivity contribution in [1.82, 2.24) is 9.88 Å². The molecular weight excluding hydrogens is 294 g/mol. The van der Waals surface area contributed by atoms with Gasteiger partial charge < -0.3 is 10.2 Å². The molecule has 4 nitrogen and oxygen atoms in total. The van der Waals surface area contributed by atoms with E-state index in [4.69, 9.17) is 0 Å². The molecule has 0 saturated carbocycles. The van der Waals surface area contributed by atoms with E-state index >= 15 is 0 Å². The van der Waals surface area contributed by atoms with Crippen molar-refractivity contribution in [3.8, 4) is 0 Å². The molecule has 1 aromatic rings. The van der Waals surface area contributed by atoms with Gasteiger partial charge in [-0.25, -0.2) is 4.98 Å². The average molecular weight is 312 g/mol. The molecule has 0 aliphatic carbocycles. The zero-order valence-electron chi connectivity index (χ0n) is 10.6. The van der Waals surface area contributed by atoms with Gasteiger partial charge in [-0.15, -0.1) is 0 Å². The second-order valence-electron chi connectivity index (χ2n) is 4.53. The third-order valence-electron chi connectivity index (χ3n) is 3.13. The van der Waals surface area contributed by atoms with Crippen molar-refractivity contribution >= 4 is 27.7 Å². The summed E-state index contributed by atoms with van der Waals surface area (Å²) in [6, 6.07) is 3.88. The molecule has 0 spiro atoms. The lowest BCUT2D eigenvalue weighted by molar-refractivity contribution is -0.129. The number of carbonyl (C=O) groups excluding carboxylic acids is 1. The van der Waals surface area contributed by atoms with E-state index in [1.54, 1.807) is 0 Å². The molecule has 0 unspecified atom stereocenters. The molecule has 0 radical (unpaired) electrons. The highest BCUT2D eigenvalue weighted by molar-refractivity contribution is 9.10. The lowest BCUT2D eigenvalue weighted by Crippen LogP contribution is -2.29. The number of nitrogens with one attached hydrogen (secondary N) is 1. The number of pyridine rings is 1. The molecule has 98 valence electrons. The van der Waals surface area contributed by atoms with Gasteiger partial charge in [-0.05, 0) is 47.8 Å². The summed E-state index contributed by atoms with van der Waals surface area (Å²) in [5.74, 6) is 1.07. The molecule has 1 amide bonds. The van der Waals surface area contributed by atoms with Crippen molar-refractivity contribution < 1.29 is 4.79 Å². The van der Waals surface area contributed by atoms with Crippen molar-refractivity contribution in [1.29, 1.82) is 0 Å². The van der Waals surface area contributed by atoms with Crippen LogP contribution in [-0.2, 0) is 4.79 Å². The Morgan fingerprint density at radius 3 is 2.83 bits per heavy atom. The molecule has 0 atom stereocenters. The Hall–Kier alpha value is -1.10. The SMILES string of the molecule is Cc1nc(NCCC(=O)N2CCCC2)ccc1Br. The smallest absolute Gasteiger partial charge is 0.224 e. The fourth-order valence-corrected chi connectivity index (χ4v) is 2.29. The summed E-state index contributed by atoms with van der Waals surface area (Å²) in [4.78, 5) is 18.1. The molecule has 2 heterocycles. The van der Waals surface area contributed by atoms with Crippen LogP contribution in [0.1, 0.15) is 25.0 Å². The third-order valence-corrected chi connectivity index (χ3v) is 3.96. The fraction of sp³-hybridized carbons (Fsp3) is 0.538. The van der Waals surface area contributed by atoms with Gasteiger partial charge in [0.25, 0.3) is 0 Å². The summed E-state index contributed by atoms with van der Waals surface area (Å²) in [6.07, 6.45) is 2.83. The average Bonchev–Trinajstić information content (AvgIpc) is 2.87. The summed E-state index contributed by atoms with van der Waals surface area (Å²) < 4.78 is 1.00. The van der Waals surface area contributed by atoms with E-state index < -0.39 is 0 Å². The highest BCUT2D eigenvalue weighted by Gasteiger charge is 2.16. The summed E-state index contributed by atoms with van der Waals surface area (Å²) in [6.45, 7) is 4.44. The molecule has 1 aliphatic heterocycles. The molecule has 0 bridgehead atoms. The molecule has 1 fully saturated rings. The van der Waals surface area contributed by atoms with E-state index in [0.717, 1.165) is 41.9 Å². The lowest BCUT2D eigenvalue weighted by atomic mass is 10.3. The molecule has 5 heteroatoms. The maximum Gasteiger partial charge on any atom is 0.224 e. The highest BCUT2D eigenvalue weighted by Crippen LogP contribution is 2.16. The Balaban J connectivity index is 1.77. The summed E-state index contributed by atoms with van der Waals surface area (Å²) in [5, 5.41) is 3.19. The first-order valence-electron chi connectivity index (χ1n) is 6.31. The van der Waals surface area contributed by atoms with Gasteiger partial charge in [0.2, 0.25) is 5.91 Å². The van der Waals surface area contributed by atoms with Crippen LogP contribution in [0, 0.1) is 6.92 Å². The first kappa shape index (κ1) is 13.3. The van der Waals surface area contributed by atoms with Crippen LogP contribution in [0.3, 0.4) is 0 Å². The number of rotatable bonds is 4. The van der Waals surface area contributed by atoms with Gasteiger partial charge >= 0.3 is 0 Å². The Kier molecular flexibility index (Phi) is 4.58. The van der Waals surface area contributed by atoms with Crippen LogP contribution in [0.2, 0.25) is 0 Å². The number of likely N-dealkylation sites (tertiary alicyclic amines) is 1. The molecule has 2 rings (SSSR count). The van der Waals surface area contributed by atoms with E-state index in [0.29, 0.717) is 13.0 Å². The minimum Gasteiger partial charge on any atom is -0.370 e. The number of nitrogens with zero attached hydrogens (tertiary/aromatic N) is 2. The lowest BCUT2D eigenvalue weighted by Gasteiger charge is -2.15. The van der Waals surface area contributed by atoms with Crippen molar-refractivity contribution in [3.05, 3.63) is 22.3 Å². The second kappa shape index (κ2) is 6.18. The minimum atomic E-state index is 0.244. The van der Waals surface area contributed by atoms with E-state index in [2.05, 4.69) is 26.2 Å². The molecule has 18 heavy (non-hydrogen) atoms. The molecule has 1 aromatic heterocycles. The van der Waals surface area contributed by atoms with E-state index in [1.807, 2.05) is 24.0 Å². The Bertz CT molecular complexity index is 430. The van der Waals surface area contributed by atoms with Crippen LogP contribution in [0.5, 0.6) is 0 Å². The van der Waals surface area contributed by atoms with Crippen molar-refractivity contribution in [2.24, 2.45) is 0 Å². The molecular formula is C13H18BrN3O. The topological polar surface area (TPSA) is 45.2 Å². The van der Waals surface area contributed by atoms with E-state index in [1.165, 1.54) is 0 Å². The first-order valence-corrected chi connectivity index (χ1v) is 7.11. The fourth-order valence-electron chi connectivity index (χ4n) is 2.06. The van der Waals surface area contributed by atoms with Gasteiger partial charge in [-0.2, -0.15) is 0 Å². The van der Waals surface area contributed by atoms with E-state index in [9.17, 15) is 4.79 Å². The normalized spacial score (nSPS) is 14.9. The largest absolute Gasteiger partial charge is 0.370 e. The Morgan fingerprint density at radius 1 is 1.44 bits per heavy atom. The molecule has 0 aromatic carbocycles. The second-order valence-corrected chi connectivity index (χ2v) is 5.38. The standard InChI is InChI=1S/C13H18BrN3O/c1-10-11(14)4-5-12(16-10)15-7-6-13(18)17-8-2-3-9-17/h4-5H,2-3,6-9H2,1H3,(H,15,16).